The third kappa shape index (κ3) is 4.01. The third-order valence-electron chi connectivity index (χ3n) is 6.48. The Morgan fingerprint density at radius 1 is 0.857 bits per heavy atom. The van der Waals surface area contributed by atoms with E-state index >= 15 is 0 Å². The standard InChI is InChI=1S/C19H36N2/c1-2-17-14-20-19(16-10-6-5-7-11-16)15-21(17)18-12-8-3-4-9-13-18/h16-20H,2-15H2,1H3. The van der Waals surface area contributed by atoms with E-state index < -0.39 is 0 Å². The SMILES string of the molecule is CCC1CNC(C2CCCCC2)CN1C1CCCCCC1. The molecule has 3 rings (SSSR count). The molecule has 3 fully saturated rings. The molecule has 0 radical (unpaired) electrons. The van der Waals surface area contributed by atoms with Crippen LogP contribution in [0.2, 0.25) is 0 Å². The number of piperazine rings is 1. The molecule has 3 aliphatic rings. The summed E-state index contributed by atoms with van der Waals surface area (Å²) in [7, 11) is 0. The third-order valence-corrected chi connectivity index (χ3v) is 6.48. The Kier molecular flexibility index (Phi) is 5.99. The molecular weight excluding hydrogens is 256 g/mol. The molecule has 1 heterocycles. The van der Waals surface area contributed by atoms with Crippen LogP contribution in [0.5, 0.6) is 0 Å². The maximum Gasteiger partial charge on any atom is 0.0224 e. The molecule has 2 saturated carbocycles. The van der Waals surface area contributed by atoms with E-state index in [0.717, 1.165) is 24.0 Å². The van der Waals surface area contributed by atoms with Crippen LogP contribution in [-0.4, -0.2) is 36.1 Å². The average Bonchev–Trinajstić information content (AvgIpc) is 2.84. The number of nitrogens with zero attached hydrogens (tertiary/aromatic N) is 1. The van der Waals surface area contributed by atoms with Crippen LogP contribution in [0.3, 0.4) is 0 Å². The highest BCUT2D eigenvalue weighted by atomic mass is 15.3. The molecule has 0 amide bonds. The van der Waals surface area contributed by atoms with Crippen molar-refractivity contribution in [2.45, 2.75) is 102 Å². The average molecular weight is 293 g/mol. The molecule has 0 aromatic heterocycles. The fraction of sp³-hybridized carbons (Fsp3) is 1.00. The minimum atomic E-state index is 0.788. The van der Waals surface area contributed by atoms with Crippen LogP contribution in [0.15, 0.2) is 0 Å². The van der Waals surface area contributed by atoms with Crippen molar-refractivity contribution in [2.24, 2.45) is 5.92 Å². The van der Waals surface area contributed by atoms with E-state index in [9.17, 15) is 0 Å². The van der Waals surface area contributed by atoms with Gasteiger partial charge in [-0.3, -0.25) is 4.90 Å². The van der Waals surface area contributed by atoms with E-state index in [4.69, 9.17) is 0 Å². The van der Waals surface area contributed by atoms with Gasteiger partial charge in [-0.05, 0) is 38.0 Å². The van der Waals surface area contributed by atoms with Gasteiger partial charge in [0.15, 0.2) is 0 Å². The normalized spacial score (nSPS) is 34.7. The van der Waals surface area contributed by atoms with Gasteiger partial charge in [-0.1, -0.05) is 51.9 Å². The van der Waals surface area contributed by atoms with Crippen LogP contribution in [0.1, 0.15) is 84.0 Å². The summed E-state index contributed by atoms with van der Waals surface area (Å²) in [6.07, 6.45) is 17.5. The molecule has 122 valence electrons. The molecule has 1 saturated heterocycles. The summed E-state index contributed by atoms with van der Waals surface area (Å²) >= 11 is 0. The minimum absolute atomic E-state index is 0.788. The number of nitrogens with one attached hydrogen (secondary N) is 1. The maximum atomic E-state index is 3.93. The van der Waals surface area contributed by atoms with Crippen LogP contribution >= 0.6 is 0 Å². The lowest BCUT2D eigenvalue weighted by Gasteiger charge is -2.47. The van der Waals surface area contributed by atoms with Crippen molar-refractivity contribution >= 4 is 0 Å². The van der Waals surface area contributed by atoms with Crippen molar-refractivity contribution in [3.05, 3.63) is 0 Å². The first kappa shape index (κ1) is 15.8. The molecule has 2 nitrogen and oxygen atoms in total. The van der Waals surface area contributed by atoms with Crippen LogP contribution in [-0.2, 0) is 0 Å². The van der Waals surface area contributed by atoms with E-state index in [-0.39, 0.29) is 0 Å². The van der Waals surface area contributed by atoms with Gasteiger partial charge in [-0.15, -0.1) is 0 Å². The van der Waals surface area contributed by atoms with Crippen LogP contribution in [0.25, 0.3) is 0 Å². The van der Waals surface area contributed by atoms with E-state index in [1.807, 2.05) is 0 Å². The van der Waals surface area contributed by atoms with Crippen molar-refractivity contribution < 1.29 is 0 Å². The lowest BCUT2D eigenvalue weighted by atomic mass is 9.82. The number of hydrogen-bond donors (Lipinski definition) is 1. The lowest BCUT2D eigenvalue weighted by Crippen LogP contribution is -2.61. The topological polar surface area (TPSA) is 15.3 Å². The molecule has 2 atom stereocenters. The fourth-order valence-electron chi connectivity index (χ4n) is 5.11. The molecule has 2 heteroatoms. The number of rotatable bonds is 3. The summed E-state index contributed by atoms with van der Waals surface area (Å²) in [5, 5.41) is 3.93. The van der Waals surface area contributed by atoms with Gasteiger partial charge >= 0.3 is 0 Å². The summed E-state index contributed by atoms with van der Waals surface area (Å²) in [5.74, 6) is 0.963. The second-order valence-electron chi connectivity index (χ2n) is 7.82. The first-order valence-electron chi connectivity index (χ1n) is 9.87. The summed E-state index contributed by atoms with van der Waals surface area (Å²) in [6, 6.07) is 2.48. The van der Waals surface area contributed by atoms with Gasteiger partial charge < -0.3 is 5.32 Å². The van der Waals surface area contributed by atoms with Crippen LogP contribution in [0, 0.1) is 5.92 Å². The van der Waals surface area contributed by atoms with E-state index in [1.54, 1.807) is 0 Å². The fourth-order valence-corrected chi connectivity index (χ4v) is 5.11. The predicted molar refractivity (Wildman–Crippen MR) is 90.6 cm³/mol. The smallest absolute Gasteiger partial charge is 0.0224 e. The molecule has 1 N–H and O–H groups in total. The molecule has 0 aromatic carbocycles. The Morgan fingerprint density at radius 2 is 1.48 bits per heavy atom. The Hall–Kier alpha value is -0.0800. The molecule has 2 unspecified atom stereocenters. The molecule has 0 bridgehead atoms. The number of hydrogen-bond acceptors (Lipinski definition) is 2. The van der Waals surface area contributed by atoms with Crippen molar-refractivity contribution in [2.75, 3.05) is 13.1 Å². The van der Waals surface area contributed by atoms with E-state index in [2.05, 4.69) is 17.1 Å². The zero-order valence-corrected chi connectivity index (χ0v) is 14.2. The summed E-state index contributed by atoms with van der Waals surface area (Å²) in [6.45, 7) is 4.97. The van der Waals surface area contributed by atoms with Gasteiger partial charge in [0.1, 0.15) is 0 Å². The van der Waals surface area contributed by atoms with Crippen molar-refractivity contribution in [3.8, 4) is 0 Å². The highest BCUT2D eigenvalue weighted by Gasteiger charge is 2.35. The summed E-state index contributed by atoms with van der Waals surface area (Å²) in [4.78, 5) is 2.95. The summed E-state index contributed by atoms with van der Waals surface area (Å²) in [5.41, 5.74) is 0. The minimum Gasteiger partial charge on any atom is -0.311 e. The Bertz CT molecular complexity index is 290. The molecule has 21 heavy (non-hydrogen) atoms. The zero-order valence-electron chi connectivity index (χ0n) is 14.2. The first-order chi connectivity index (χ1) is 10.4. The van der Waals surface area contributed by atoms with Gasteiger partial charge in [0.05, 0.1) is 0 Å². The molecule has 1 aliphatic heterocycles. The van der Waals surface area contributed by atoms with Gasteiger partial charge in [0.25, 0.3) is 0 Å². The van der Waals surface area contributed by atoms with E-state index in [0.29, 0.717) is 0 Å². The second kappa shape index (κ2) is 7.97. The van der Waals surface area contributed by atoms with Crippen molar-refractivity contribution in [1.29, 1.82) is 0 Å². The van der Waals surface area contributed by atoms with Gasteiger partial charge in [0, 0.05) is 31.2 Å². The van der Waals surface area contributed by atoms with Gasteiger partial charge in [-0.2, -0.15) is 0 Å². The lowest BCUT2D eigenvalue weighted by molar-refractivity contribution is 0.0495. The highest BCUT2D eigenvalue weighted by molar-refractivity contribution is 4.93. The molecular formula is C19H36N2. The Labute approximate surface area is 132 Å². The summed E-state index contributed by atoms with van der Waals surface area (Å²) < 4.78 is 0. The first-order valence-corrected chi connectivity index (χ1v) is 9.87. The van der Waals surface area contributed by atoms with Crippen LogP contribution < -0.4 is 5.32 Å². The van der Waals surface area contributed by atoms with Crippen molar-refractivity contribution in [3.63, 3.8) is 0 Å². The highest BCUT2D eigenvalue weighted by Crippen LogP contribution is 2.31. The molecule has 2 aliphatic carbocycles. The van der Waals surface area contributed by atoms with Gasteiger partial charge in [-0.25, -0.2) is 0 Å². The van der Waals surface area contributed by atoms with Crippen molar-refractivity contribution in [1.82, 2.24) is 10.2 Å². The van der Waals surface area contributed by atoms with Gasteiger partial charge in [0.2, 0.25) is 0 Å². The quantitative estimate of drug-likeness (QED) is 0.778. The maximum absolute atomic E-state index is 3.93. The monoisotopic (exact) mass is 292 g/mol. The second-order valence-corrected chi connectivity index (χ2v) is 7.82. The Morgan fingerprint density at radius 3 is 2.14 bits per heavy atom. The largest absolute Gasteiger partial charge is 0.311 e. The predicted octanol–water partition coefficient (Wildman–Crippen LogP) is 4.34. The zero-order chi connectivity index (χ0) is 14.5. The van der Waals surface area contributed by atoms with Crippen LogP contribution in [0.4, 0.5) is 0 Å². The molecule has 0 spiro atoms. The molecule has 0 aromatic rings. The van der Waals surface area contributed by atoms with E-state index in [1.165, 1.54) is 90.1 Å². The Balaban J connectivity index is 1.63.